The number of sulfonamides is 2. The standard InChI is InChI=1S/C20H34N2O5S.C15H26N2O3S.C10H15ClO3S.C10H20N2O2.C6H15N/c1-18(2,3)27-17(24)22-10-6-7-15(22)12-21-28(25,26)13-20-9-8-14(11-16(20)23)19(20,4)5;1-14(2)11-5-6-15(14,13(18)8-11)10-21(19,20)17-9-12-4-3-7-16-12;1-9(2)7-3-4-10(9,8(12)5-7)6-15(11,13)14;1-10(2,3)14-9(13)12-6-4-5-8(12)7-11;1-4-7(5-2)6-3/h14-15,21H,6-13H2,1-5H3;11-12,16-17H,3-10H2,1-2H3;7H,3-6H2,1-2H3;8H,4-7,11H2,1-3H3;4-6H2,1-3H3/t14?,15-,20+;11?,12-,15+;7?,10-;8-;/m0010./s1. The van der Waals surface area contributed by atoms with Gasteiger partial charge in [0, 0.05) is 97.0 Å². The van der Waals surface area contributed by atoms with Crippen LogP contribution in [0.25, 0.3) is 0 Å². The monoisotopic (exact) mass is 1280 g/mol. The van der Waals surface area contributed by atoms with Gasteiger partial charge in [0.15, 0.2) is 0 Å². The Labute approximate surface area is 516 Å². The molecule has 0 aromatic carbocycles. The van der Waals surface area contributed by atoms with Crippen molar-refractivity contribution >= 4 is 69.3 Å². The van der Waals surface area contributed by atoms with Gasteiger partial charge in [0.05, 0.1) is 17.3 Å². The van der Waals surface area contributed by atoms with Crippen LogP contribution < -0.4 is 20.5 Å². The molecule has 3 saturated heterocycles. The molecule has 9 atom stereocenters. The molecule has 5 N–H and O–H groups in total. The minimum Gasteiger partial charge on any atom is -0.444 e. The van der Waals surface area contributed by atoms with Crippen LogP contribution in [-0.2, 0) is 53.0 Å². The zero-order valence-corrected chi connectivity index (χ0v) is 57.6. The van der Waals surface area contributed by atoms with Gasteiger partial charge in [0.2, 0.25) is 29.1 Å². The molecule has 9 aliphatic rings. The molecule has 3 heterocycles. The fourth-order valence-corrected chi connectivity index (χ4v) is 21.3. The molecule has 0 aromatic rings. The van der Waals surface area contributed by atoms with Crippen LogP contribution in [0.5, 0.6) is 0 Å². The smallest absolute Gasteiger partial charge is 0.410 e. The van der Waals surface area contributed by atoms with Gasteiger partial charge in [0.1, 0.15) is 28.6 Å². The van der Waals surface area contributed by atoms with E-state index in [1.165, 1.54) is 19.6 Å². The molecule has 6 aliphatic carbocycles. The summed E-state index contributed by atoms with van der Waals surface area (Å²) in [6, 6.07) is 0.191. The Balaban J connectivity index is 0.000000206. The number of carbonyl (C=O) groups excluding carboxylic acids is 5. The number of carbonyl (C=O) groups is 5. The van der Waals surface area contributed by atoms with Crippen LogP contribution >= 0.6 is 10.7 Å². The summed E-state index contributed by atoms with van der Waals surface area (Å²) in [5.41, 5.74) is 1.74. The second kappa shape index (κ2) is 27.9. The molecule has 9 fully saturated rings. The van der Waals surface area contributed by atoms with Crippen LogP contribution in [-0.4, -0.2) is 175 Å². The molecule has 3 unspecified atom stereocenters. The van der Waals surface area contributed by atoms with E-state index in [4.69, 9.17) is 25.9 Å². The van der Waals surface area contributed by atoms with E-state index in [-0.39, 0.29) is 87.5 Å². The predicted molar refractivity (Wildman–Crippen MR) is 334 cm³/mol. The van der Waals surface area contributed by atoms with Crippen molar-refractivity contribution < 1.29 is 58.7 Å². The zero-order valence-electron chi connectivity index (χ0n) is 54.4. The van der Waals surface area contributed by atoms with E-state index < -0.39 is 62.6 Å². The quantitative estimate of drug-likeness (QED) is 0.106. The third-order valence-electron chi connectivity index (χ3n) is 21.6. The number of likely N-dealkylation sites (tertiary alicyclic amines) is 2. The third kappa shape index (κ3) is 17.1. The SMILES string of the molecule is CC(C)(C)OC(=O)N1CCC[C@H]1CN.CC(C)(C)OC(=O)N1CCC[C@H]1CNS(=O)(=O)C[C@]12CCC(CC1=O)C2(C)C.CC1(C)C2CC[C@@]1(CS(=O)(=O)Cl)C(=O)C2.CC1(C)C2CC[C@@]1(CS(=O)(=O)NC[C@@H]1CCCN1)C(=O)C2.CCN(CC)CC. The van der Waals surface area contributed by atoms with Crippen LogP contribution in [0.15, 0.2) is 0 Å². The van der Waals surface area contributed by atoms with Crippen molar-refractivity contribution in [3.05, 3.63) is 0 Å². The lowest BCUT2D eigenvalue weighted by Gasteiger charge is -2.36. The number of rotatable bonds is 16. The van der Waals surface area contributed by atoms with Crippen LogP contribution in [0, 0.1) is 50.2 Å². The highest BCUT2D eigenvalue weighted by molar-refractivity contribution is 8.13. The topological polar surface area (TPSA) is 278 Å². The lowest BCUT2D eigenvalue weighted by molar-refractivity contribution is -0.128. The summed E-state index contributed by atoms with van der Waals surface area (Å²) in [6.45, 7) is 36.8. The molecule has 0 radical (unpaired) electrons. The molecule has 2 amide bonds. The maximum Gasteiger partial charge on any atom is 0.410 e. The van der Waals surface area contributed by atoms with Crippen molar-refractivity contribution in [3.63, 3.8) is 0 Å². The average Bonchev–Trinajstić information content (AvgIpc) is 1.73. The lowest BCUT2D eigenvalue weighted by atomic mass is 9.70. The summed E-state index contributed by atoms with van der Waals surface area (Å²) in [5.74, 6) is 0.949. The lowest BCUT2D eigenvalue weighted by Crippen LogP contribution is -2.49. The van der Waals surface area contributed by atoms with Gasteiger partial charge in [-0.15, -0.1) is 0 Å². The maximum atomic E-state index is 12.9. The summed E-state index contributed by atoms with van der Waals surface area (Å²) in [5, 5.41) is 3.29. The maximum absolute atomic E-state index is 12.9. The van der Waals surface area contributed by atoms with Gasteiger partial charge in [-0.05, 0) is 179 Å². The number of ether oxygens (including phenoxy) is 2. The Kier molecular flexibility index (Phi) is 24.1. The van der Waals surface area contributed by atoms with Gasteiger partial charge >= 0.3 is 12.2 Å². The van der Waals surface area contributed by atoms with Crippen molar-refractivity contribution in [1.82, 2.24) is 29.5 Å². The minimum atomic E-state index is -3.63. The van der Waals surface area contributed by atoms with E-state index in [0.29, 0.717) is 63.6 Å². The third-order valence-corrected chi connectivity index (χ3v) is 25.7. The summed E-state index contributed by atoms with van der Waals surface area (Å²) in [6.07, 6.45) is 11.6. The number of ketones is 3. The Morgan fingerprint density at radius 2 is 0.953 bits per heavy atom. The molecule has 24 heteroatoms. The van der Waals surface area contributed by atoms with E-state index in [0.717, 1.165) is 77.3 Å². The molecule has 85 heavy (non-hydrogen) atoms. The molecular formula is C61H110ClN7O13S3. The number of nitrogens with two attached hydrogens (primary N) is 1. The van der Waals surface area contributed by atoms with E-state index >= 15 is 0 Å². The molecule has 0 spiro atoms. The van der Waals surface area contributed by atoms with E-state index in [1.807, 2.05) is 69.2 Å². The first-order valence-electron chi connectivity index (χ1n) is 31.6. The van der Waals surface area contributed by atoms with Gasteiger partial charge in [-0.25, -0.2) is 44.3 Å². The van der Waals surface area contributed by atoms with Crippen molar-refractivity contribution in [2.75, 3.05) is 76.2 Å². The Morgan fingerprint density at radius 1 is 0.588 bits per heavy atom. The molecule has 20 nitrogen and oxygen atoms in total. The van der Waals surface area contributed by atoms with Gasteiger partial charge in [-0.2, -0.15) is 0 Å². The Morgan fingerprint density at radius 3 is 1.25 bits per heavy atom. The predicted octanol–water partition coefficient (Wildman–Crippen LogP) is 8.40. The second-order valence-electron chi connectivity index (χ2n) is 29.5. The number of halogens is 1. The number of hydrogen-bond donors (Lipinski definition) is 4. The van der Waals surface area contributed by atoms with Gasteiger partial charge in [-0.1, -0.05) is 62.3 Å². The average molecular weight is 1280 g/mol. The Bertz CT molecular complexity index is 2700. The molecule has 6 saturated carbocycles. The zero-order chi connectivity index (χ0) is 64.2. The van der Waals surface area contributed by atoms with Crippen LogP contribution in [0.2, 0.25) is 0 Å². The van der Waals surface area contributed by atoms with Crippen LogP contribution in [0.1, 0.15) is 200 Å². The largest absolute Gasteiger partial charge is 0.444 e. The fourth-order valence-electron chi connectivity index (χ4n) is 15.7. The van der Waals surface area contributed by atoms with Gasteiger partial charge in [-0.3, -0.25) is 14.4 Å². The second-order valence-corrected chi connectivity index (χ2v) is 35.9. The van der Waals surface area contributed by atoms with Gasteiger partial charge in [0.25, 0.3) is 0 Å². The molecule has 3 aliphatic heterocycles. The summed E-state index contributed by atoms with van der Waals surface area (Å²) in [4.78, 5) is 66.8. The minimum absolute atomic E-state index is 0.0327. The number of Topliss-reactive ketones (excluding diaryl/α,β-unsaturated/α-hetero) is 3. The summed E-state index contributed by atoms with van der Waals surface area (Å²) >= 11 is 0. The first-order chi connectivity index (χ1) is 39.0. The number of fused-ring (bicyclic) bond motifs is 6. The van der Waals surface area contributed by atoms with E-state index in [2.05, 4.69) is 54.3 Å². The highest BCUT2D eigenvalue weighted by atomic mass is 35.7. The van der Waals surface area contributed by atoms with Crippen molar-refractivity contribution in [3.8, 4) is 0 Å². The van der Waals surface area contributed by atoms with Crippen LogP contribution in [0.4, 0.5) is 9.59 Å². The first kappa shape index (κ1) is 73.2. The number of amides is 2. The molecule has 0 aromatic heterocycles. The van der Waals surface area contributed by atoms with Crippen molar-refractivity contribution in [2.24, 2.45) is 56.0 Å². The molecular weight excluding hydrogens is 1170 g/mol. The first-order valence-corrected chi connectivity index (χ1v) is 37.4. The number of nitrogens with zero attached hydrogens (tertiary/aromatic N) is 3. The van der Waals surface area contributed by atoms with Crippen molar-refractivity contribution in [2.45, 2.75) is 229 Å². The molecule has 9 rings (SSSR count). The fraction of sp³-hybridized carbons (Fsp3) is 0.918. The molecule has 6 bridgehead atoms. The number of nitrogens with one attached hydrogen (secondary N) is 3. The normalized spacial score (nSPS) is 31.4. The van der Waals surface area contributed by atoms with Crippen LogP contribution in [0.3, 0.4) is 0 Å². The van der Waals surface area contributed by atoms with E-state index in [1.54, 1.807) is 9.80 Å². The van der Waals surface area contributed by atoms with Gasteiger partial charge < -0.3 is 35.2 Å². The number of hydrogen-bond acceptors (Lipinski definition) is 16. The van der Waals surface area contributed by atoms with Crippen molar-refractivity contribution in [1.29, 1.82) is 0 Å². The summed E-state index contributed by atoms with van der Waals surface area (Å²) < 4.78 is 89.2. The Hall–Kier alpha value is -2.51. The highest BCUT2D eigenvalue weighted by Gasteiger charge is 2.67. The van der Waals surface area contributed by atoms with E-state index in [9.17, 15) is 49.2 Å². The highest BCUT2D eigenvalue weighted by Crippen LogP contribution is 2.66. The summed E-state index contributed by atoms with van der Waals surface area (Å²) in [7, 11) is -5.34. The molecule has 492 valence electrons.